The lowest BCUT2D eigenvalue weighted by molar-refractivity contribution is 0.266. The van der Waals surface area contributed by atoms with Gasteiger partial charge >= 0.3 is 19.3 Å². The maximum absolute atomic E-state index is 5.81. The van der Waals surface area contributed by atoms with E-state index in [0.717, 1.165) is 0 Å². The van der Waals surface area contributed by atoms with Gasteiger partial charge in [-0.1, -0.05) is 33.1 Å². The largest absolute Gasteiger partial charge is 0.501 e. The zero-order valence-electron chi connectivity index (χ0n) is 9.90. The Morgan fingerprint density at radius 1 is 0.929 bits per heavy atom. The van der Waals surface area contributed by atoms with Crippen molar-refractivity contribution in [3.8, 4) is 0 Å². The van der Waals surface area contributed by atoms with Gasteiger partial charge in [0.2, 0.25) is 0 Å². The van der Waals surface area contributed by atoms with Crippen molar-refractivity contribution in [1.29, 1.82) is 0 Å². The minimum atomic E-state index is -0.222. The first-order valence-corrected chi connectivity index (χ1v) is 9.27. The second-order valence-corrected chi connectivity index (χ2v) is 6.16. The molecule has 0 unspecified atom stereocenters. The summed E-state index contributed by atoms with van der Waals surface area (Å²) in [4.78, 5) is 2.62. The Balaban J connectivity index is 3.49. The van der Waals surface area contributed by atoms with Crippen LogP contribution in [0.2, 0.25) is 4.55 Å². The molecule has 0 amide bonds. The Morgan fingerprint density at radius 2 is 1.43 bits per heavy atom. The van der Waals surface area contributed by atoms with Crippen LogP contribution in [0.4, 0.5) is 0 Å². The van der Waals surface area contributed by atoms with E-state index in [-0.39, 0.29) is 19.3 Å². The van der Waals surface area contributed by atoms with Crippen molar-refractivity contribution in [3.63, 3.8) is 0 Å². The molecule has 0 N–H and O–H groups in total. The average Bonchev–Trinajstić information content (AvgIpc) is 2.21. The highest BCUT2D eigenvalue weighted by Gasteiger charge is 2.03. The van der Waals surface area contributed by atoms with Crippen LogP contribution in [0.5, 0.6) is 0 Å². The molecule has 0 aliphatic carbocycles. The van der Waals surface area contributed by atoms with Gasteiger partial charge in [-0.05, 0) is 32.5 Å². The standard InChI is InChI=1S/C11H24N.ClH.Mg/c1-4-7-10-12(9-6-3)11-8-5-2;;/h3-11H2,1-2H3;1H;/q;;+1/p-1. The van der Waals surface area contributed by atoms with E-state index in [4.69, 9.17) is 9.07 Å². The van der Waals surface area contributed by atoms with E-state index in [1.54, 1.807) is 0 Å². The molecule has 82 valence electrons. The van der Waals surface area contributed by atoms with Gasteiger partial charge < -0.3 is 14.0 Å². The third kappa shape index (κ3) is 9.57. The van der Waals surface area contributed by atoms with Crippen LogP contribution in [0.25, 0.3) is 0 Å². The molecule has 0 heterocycles. The Kier molecular flexibility index (Phi) is 13.0. The summed E-state index contributed by atoms with van der Waals surface area (Å²) in [5.74, 6) is 0. The average molecular weight is 230 g/mol. The summed E-state index contributed by atoms with van der Waals surface area (Å²) in [7, 11) is 5.81. The smallest absolute Gasteiger partial charge is 0.346 e. The van der Waals surface area contributed by atoms with Gasteiger partial charge in [0.1, 0.15) is 0 Å². The summed E-state index contributed by atoms with van der Waals surface area (Å²) in [5, 5.41) is 0. The van der Waals surface area contributed by atoms with Crippen LogP contribution in [0.3, 0.4) is 0 Å². The predicted molar refractivity (Wildman–Crippen MR) is 67.3 cm³/mol. The van der Waals surface area contributed by atoms with Crippen LogP contribution < -0.4 is 0 Å². The number of hydrogen-bond acceptors (Lipinski definition) is 1. The van der Waals surface area contributed by atoms with Crippen LogP contribution in [0.15, 0.2) is 0 Å². The maximum atomic E-state index is 5.81. The van der Waals surface area contributed by atoms with E-state index in [2.05, 4.69) is 18.7 Å². The molecule has 0 saturated carbocycles. The molecular formula is C11H24ClMgN. The van der Waals surface area contributed by atoms with Crippen molar-refractivity contribution >= 4 is 28.3 Å². The van der Waals surface area contributed by atoms with Crippen LogP contribution in [0.1, 0.15) is 46.0 Å². The first kappa shape index (κ1) is 15.0. The molecule has 0 spiro atoms. The van der Waals surface area contributed by atoms with Crippen LogP contribution in [-0.4, -0.2) is 43.8 Å². The molecule has 0 atom stereocenters. The Hall–Kier alpha value is 1.02. The fourth-order valence-electron chi connectivity index (χ4n) is 1.53. The second kappa shape index (κ2) is 12.1. The molecule has 0 aromatic rings. The minimum Gasteiger partial charge on any atom is -0.346 e. The van der Waals surface area contributed by atoms with Gasteiger partial charge in [0, 0.05) is 0 Å². The van der Waals surface area contributed by atoms with E-state index in [0.29, 0.717) is 0 Å². The number of rotatable bonds is 10. The van der Waals surface area contributed by atoms with E-state index < -0.39 is 0 Å². The monoisotopic (exact) mass is 229 g/mol. The van der Waals surface area contributed by atoms with Gasteiger partial charge in [0.25, 0.3) is 0 Å². The second-order valence-electron chi connectivity index (χ2n) is 3.94. The zero-order chi connectivity index (χ0) is 10.6. The Bertz CT molecular complexity index is 103. The van der Waals surface area contributed by atoms with Crippen LogP contribution in [0, 0.1) is 0 Å². The predicted octanol–water partition coefficient (Wildman–Crippen LogP) is 3.56. The summed E-state index contributed by atoms with van der Waals surface area (Å²) >= 11 is -0.222. The minimum absolute atomic E-state index is 0.222. The van der Waals surface area contributed by atoms with E-state index in [9.17, 15) is 0 Å². The molecule has 0 aromatic heterocycles. The highest BCUT2D eigenvalue weighted by Crippen LogP contribution is 2.02. The van der Waals surface area contributed by atoms with Crippen molar-refractivity contribution < 1.29 is 0 Å². The van der Waals surface area contributed by atoms with E-state index >= 15 is 0 Å². The van der Waals surface area contributed by atoms with Crippen molar-refractivity contribution in [2.75, 3.05) is 19.6 Å². The summed E-state index contributed by atoms with van der Waals surface area (Å²) in [5.41, 5.74) is 0. The molecule has 0 radical (unpaired) electrons. The third-order valence-corrected chi connectivity index (χ3v) is 4.08. The van der Waals surface area contributed by atoms with Gasteiger partial charge in [-0.3, -0.25) is 0 Å². The van der Waals surface area contributed by atoms with Crippen molar-refractivity contribution in [2.24, 2.45) is 0 Å². The highest BCUT2D eigenvalue weighted by molar-refractivity contribution is 6.93. The SMILES string of the molecule is CCCCN(CCCC)CC[CH2][Mg][Cl]. The van der Waals surface area contributed by atoms with Crippen LogP contribution in [-0.2, 0) is 0 Å². The molecule has 0 aliphatic heterocycles. The molecule has 0 aromatic carbocycles. The Labute approximate surface area is 103 Å². The summed E-state index contributed by atoms with van der Waals surface area (Å²) in [6, 6.07) is 0. The van der Waals surface area contributed by atoms with E-state index in [1.165, 1.54) is 56.3 Å². The normalized spacial score (nSPS) is 10.6. The molecule has 0 aliphatic rings. The van der Waals surface area contributed by atoms with Gasteiger partial charge in [-0.2, -0.15) is 0 Å². The molecule has 1 nitrogen and oxygen atoms in total. The molecule has 0 fully saturated rings. The lowest BCUT2D eigenvalue weighted by Gasteiger charge is -2.21. The fraction of sp³-hybridized carbons (Fsp3) is 1.00. The maximum Gasteiger partial charge on any atom is 0.501 e. The molecule has 0 rings (SSSR count). The molecule has 0 bridgehead atoms. The van der Waals surface area contributed by atoms with Gasteiger partial charge in [-0.25, -0.2) is 0 Å². The lowest BCUT2D eigenvalue weighted by atomic mass is 10.2. The zero-order valence-corrected chi connectivity index (χ0v) is 12.1. The molecule has 0 saturated heterocycles. The van der Waals surface area contributed by atoms with E-state index in [1.807, 2.05) is 0 Å². The van der Waals surface area contributed by atoms with Gasteiger partial charge in [0.05, 0.1) is 0 Å². The lowest BCUT2D eigenvalue weighted by Crippen LogP contribution is -2.27. The number of nitrogens with zero attached hydrogens (tertiary/aromatic N) is 1. The molecule has 14 heavy (non-hydrogen) atoms. The Morgan fingerprint density at radius 3 is 1.86 bits per heavy atom. The quantitative estimate of drug-likeness (QED) is 0.409. The first-order chi connectivity index (χ1) is 6.85. The highest BCUT2D eigenvalue weighted by atomic mass is 35.5. The summed E-state index contributed by atoms with van der Waals surface area (Å²) in [6.07, 6.45) is 6.65. The van der Waals surface area contributed by atoms with Gasteiger partial charge in [0.15, 0.2) is 0 Å². The third-order valence-electron chi connectivity index (χ3n) is 2.51. The molecular weight excluding hydrogens is 206 g/mol. The van der Waals surface area contributed by atoms with Crippen molar-refractivity contribution in [3.05, 3.63) is 0 Å². The topological polar surface area (TPSA) is 3.24 Å². The number of hydrogen-bond donors (Lipinski definition) is 0. The summed E-state index contributed by atoms with van der Waals surface area (Å²) < 4.78 is 1.30. The van der Waals surface area contributed by atoms with Crippen LogP contribution >= 0.6 is 9.07 Å². The first-order valence-electron chi connectivity index (χ1n) is 6.13. The fourth-order valence-corrected chi connectivity index (χ4v) is 2.51. The number of halogens is 1. The molecule has 3 heteroatoms. The summed E-state index contributed by atoms with van der Waals surface area (Å²) in [6.45, 7) is 8.40. The van der Waals surface area contributed by atoms with Crippen molar-refractivity contribution in [1.82, 2.24) is 4.90 Å². The van der Waals surface area contributed by atoms with Crippen molar-refractivity contribution in [2.45, 2.75) is 50.5 Å². The number of unbranched alkanes of at least 4 members (excludes halogenated alkanes) is 2. The van der Waals surface area contributed by atoms with Gasteiger partial charge in [-0.15, -0.1) is 4.55 Å².